The molecule has 0 unspecified atom stereocenters. The number of nitrogens with one attached hydrogen (secondary N) is 1. The van der Waals surface area contributed by atoms with E-state index in [0.717, 1.165) is 6.54 Å². The molecule has 0 saturated heterocycles. The molecule has 19 heavy (non-hydrogen) atoms. The number of para-hydroxylation sites is 1. The van der Waals surface area contributed by atoms with Gasteiger partial charge in [-0.05, 0) is 32.0 Å². The fourth-order valence-corrected chi connectivity index (χ4v) is 2.63. The normalized spacial score (nSPS) is 15.9. The third kappa shape index (κ3) is 3.70. The molecular weight excluding hydrogens is 240 g/mol. The second-order valence-corrected chi connectivity index (χ2v) is 5.19. The quantitative estimate of drug-likeness (QED) is 0.853. The summed E-state index contributed by atoms with van der Waals surface area (Å²) in [6, 6.07) is 7.28. The average molecular weight is 262 g/mol. The van der Waals surface area contributed by atoms with E-state index in [-0.39, 0.29) is 11.7 Å². The van der Waals surface area contributed by atoms with Gasteiger partial charge in [0.2, 0.25) is 0 Å². The standard InChI is InChI=1S/C15H22N2O2/c1-17(12-6-2-3-7-12)11-10-16-15(19)13-8-4-5-9-14(13)18/h4-5,8-9,12,18H,2-3,6-7,10-11H2,1H3,(H,16,19). The van der Waals surface area contributed by atoms with Gasteiger partial charge >= 0.3 is 0 Å². The molecule has 2 N–H and O–H groups in total. The van der Waals surface area contributed by atoms with E-state index < -0.39 is 0 Å². The highest BCUT2D eigenvalue weighted by atomic mass is 16.3. The summed E-state index contributed by atoms with van der Waals surface area (Å²) in [5.74, 6) is -0.179. The Balaban J connectivity index is 1.76. The van der Waals surface area contributed by atoms with Gasteiger partial charge in [0.15, 0.2) is 0 Å². The van der Waals surface area contributed by atoms with Crippen LogP contribution < -0.4 is 5.32 Å². The van der Waals surface area contributed by atoms with Crippen LogP contribution in [0.15, 0.2) is 24.3 Å². The molecule has 0 heterocycles. The molecule has 0 radical (unpaired) electrons. The smallest absolute Gasteiger partial charge is 0.255 e. The number of rotatable bonds is 5. The zero-order valence-corrected chi connectivity index (χ0v) is 11.4. The van der Waals surface area contributed by atoms with Crippen LogP contribution in [0, 0.1) is 0 Å². The predicted molar refractivity (Wildman–Crippen MR) is 75.3 cm³/mol. The number of phenols is 1. The number of benzene rings is 1. The largest absolute Gasteiger partial charge is 0.507 e. The van der Waals surface area contributed by atoms with Crippen molar-refractivity contribution in [2.75, 3.05) is 20.1 Å². The molecule has 0 bridgehead atoms. The number of amides is 1. The fourth-order valence-electron chi connectivity index (χ4n) is 2.63. The van der Waals surface area contributed by atoms with Gasteiger partial charge in [-0.15, -0.1) is 0 Å². The van der Waals surface area contributed by atoms with E-state index in [1.54, 1.807) is 18.2 Å². The summed E-state index contributed by atoms with van der Waals surface area (Å²) in [6.45, 7) is 1.46. The molecule has 1 aliphatic carbocycles. The molecule has 104 valence electrons. The van der Waals surface area contributed by atoms with Gasteiger partial charge in [-0.3, -0.25) is 4.79 Å². The first-order chi connectivity index (χ1) is 9.18. The third-order valence-corrected chi connectivity index (χ3v) is 3.85. The lowest BCUT2D eigenvalue weighted by atomic mass is 10.2. The fraction of sp³-hybridized carbons (Fsp3) is 0.533. The average Bonchev–Trinajstić information content (AvgIpc) is 2.93. The van der Waals surface area contributed by atoms with Crippen molar-refractivity contribution >= 4 is 5.91 Å². The number of hydrogen-bond donors (Lipinski definition) is 2. The highest BCUT2D eigenvalue weighted by molar-refractivity contribution is 5.96. The van der Waals surface area contributed by atoms with Crippen molar-refractivity contribution < 1.29 is 9.90 Å². The summed E-state index contributed by atoms with van der Waals surface area (Å²) in [5, 5.41) is 12.4. The number of aromatic hydroxyl groups is 1. The Morgan fingerprint density at radius 2 is 2.05 bits per heavy atom. The van der Waals surface area contributed by atoms with E-state index in [9.17, 15) is 9.90 Å². The number of phenolic OH excluding ortho intramolecular Hbond substituents is 1. The van der Waals surface area contributed by atoms with Gasteiger partial charge in [0.25, 0.3) is 5.91 Å². The van der Waals surface area contributed by atoms with E-state index in [4.69, 9.17) is 0 Å². The minimum atomic E-state index is -0.210. The van der Waals surface area contributed by atoms with Crippen LogP contribution in [0.1, 0.15) is 36.0 Å². The number of hydrogen-bond acceptors (Lipinski definition) is 3. The summed E-state index contributed by atoms with van der Waals surface area (Å²) in [6.07, 6.45) is 5.17. The number of likely N-dealkylation sites (N-methyl/N-ethyl adjacent to an activating group) is 1. The summed E-state index contributed by atoms with van der Waals surface area (Å²) in [4.78, 5) is 14.2. The van der Waals surface area contributed by atoms with Crippen LogP contribution in [0.3, 0.4) is 0 Å². The van der Waals surface area contributed by atoms with Gasteiger partial charge in [0.1, 0.15) is 5.75 Å². The number of carbonyl (C=O) groups is 1. The van der Waals surface area contributed by atoms with Gasteiger partial charge < -0.3 is 15.3 Å². The summed E-state index contributed by atoms with van der Waals surface area (Å²) < 4.78 is 0. The van der Waals surface area contributed by atoms with Gasteiger partial charge in [-0.2, -0.15) is 0 Å². The minimum absolute atomic E-state index is 0.0316. The first-order valence-electron chi connectivity index (χ1n) is 6.95. The molecule has 1 aromatic carbocycles. The van der Waals surface area contributed by atoms with E-state index in [0.29, 0.717) is 18.2 Å². The Labute approximate surface area is 114 Å². The van der Waals surface area contributed by atoms with Gasteiger partial charge in [0.05, 0.1) is 5.56 Å². The zero-order valence-electron chi connectivity index (χ0n) is 11.4. The highest BCUT2D eigenvalue weighted by Crippen LogP contribution is 2.21. The Morgan fingerprint density at radius 3 is 2.74 bits per heavy atom. The van der Waals surface area contributed by atoms with Crippen LogP contribution in [0.2, 0.25) is 0 Å². The van der Waals surface area contributed by atoms with Crippen LogP contribution in [0.25, 0.3) is 0 Å². The summed E-state index contributed by atoms with van der Waals surface area (Å²) >= 11 is 0. The highest BCUT2D eigenvalue weighted by Gasteiger charge is 2.19. The molecule has 1 amide bonds. The Bertz CT molecular complexity index is 428. The van der Waals surface area contributed by atoms with Gasteiger partial charge in [-0.1, -0.05) is 25.0 Å². The summed E-state index contributed by atoms with van der Waals surface area (Å²) in [5.41, 5.74) is 0.339. The Morgan fingerprint density at radius 1 is 1.37 bits per heavy atom. The molecule has 0 aliphatic heterocycles. The minimum Gasteiger partial charge on any atom is -0.507 e. The molecular formula is C15H22N2O2. The van der Waals surface area contributed by atoms with Crippen LogP contribution in [-0.2, 0) is 0 Å². The number of carbonyl (C=O) groups excluding carboxylic acids is 1. The Kier molecular flexibility index (Phi) is 4.80. The molecule has 1 fully saturated rings. The molecule has 1 aromatic rings. The lowest BCUT2D eigenvalue weighted by Gasteiger charge is -2.23. The van der Waals surface area contributed by atoms with E-state index in [1.807, 2.05) is 0 Å². The second kappa shape index (κ2) is 6.57. The van der Waals surface area contributed by atoms with E-state index in [2.05, 4.69) is 17.3 Å². The second-order valence-electron chi connectivity index (χ2n) is 5.19. The molecule has 0 aromatic heterocycles. The van der Waals surface area contributed by atoms with Crippen LogP contribution >= 0.6 is 0 Å². The zero-order chi connectivity index (χ0) is 13.7. The first kappa shape index (κ1) is 13.9. The van der Waals surface area contributed by atoms with Crippen molar-refractivity contribution in [1.82, 2.24) is 10.2 Å². The lowest BCUT2D eigenvalue weighted by molar-refractivity contribution is 0.0944. The summed E-state index contributed by atoms with van der Waals surface area (Å²) in [7, 11) is 2.11. The molecule has 4 nitrogen and oxygen atoms in total. The van der Waals surface area contributed by atoms with Crippen molar-refractivity contribution in [3.05, 3.63) is 29.8 Å². The van der Waals surface area contributed by atoms with Gasteiger partial charge in [-0.25, -0.2) is 0 Å². The first-order valence-corrected chi connectivity index (χ1v) is 6.95. The van der Waals surface area contributed by atoms with Crippen LogP contribution in [-0.4, -0.2) is 42.1 Å². The van der Waals surface area contributed by atoms with E-state index in [1.165, 1.54) is 31.7 Å². The molecule has 1 saturated carbocycles. The third-order valence-electron chi connectivity index (χ3n) is 3.85. The van der Waals surface area contributed by atoms with Gasteiger partial charge in [0, 0.05) is 19.1 Å². The topological polar surface area (TPSA) is 52.6 Å². The lowest BCUT2D eigenvalue weighted by Crippen LogP contribution is -2.37. The maximum absolute atomic E-state index is 11.9. The monoisotopic (exact) mass is 262 g/mol. The van der Waals surface area contributed by atoms with Crippen LogP contribution in [0.5, 0.6) is 5.75 Å². The van der Waals surface area contributed by atoms with Crippen molar-refractivity contribution in [2.45, 2.75) is 31.7 Å². The van der Waals surface area contributed by atoms with Crippen molar-refractivity contribution in [3.8, 4) is 5.75 Å². The molecule has 4 heteroatoms. The SMILES string of the molecule is CN(CCNC(=O)c1ccccc1O)C1CCCC1. The molecule has 2 rings (SSSR count). The molecule has 1 aliphatic rings. The van der Waals surface area contributed by atoms with Crippen molar-refractivity contribution in [3.63, 3.8) is 0 Å². The maximum Gasteiger partial charge on any atom is 0.255 e. The number of nitrogens with zero attached hydrogens (tertiary/aromatic N) is 1. The van der Waals surface area contributed by atoms with Crippen LogP contribution in [0.4, 0.5) is 0 Å². The predicted octanol–water partition coefficient (Wildman–Crippen LogP) is 2.00. The molecule has 0 spiro atoms. The van der Waals surface area contributed by atoms with Crippen molar-refractivity contribution in [1.29, 1.82) is 0 Å². The van der Waals surface area contributed by atoms with E-state index >= 15 is 0 Å². The van der Waals surface area contributed by atoms with Crippen molar-refractivity contribution in [2.24, 2.45) is 0 Å². The maximum atomic E-state index is 11.9. The molecule has 0 atom stereocenters. The Hall–Kier alpha value is -1.55.